The number of hydrogen-bond donors (Lipinski definition) is 3. The fourth-order valence-electron chi connectivity index (χ4n) is 2.38. The molecular weight excluding hydrogens is 536 g/mol. The van der Waals surface area contributed by atoms with Gasteiger partial charge in [0.25, 0.3) is 0 Å². The maximum atomic E-state index is 12.1. The highest BCUT2D eigenvalue weighted by atomic mass is 127. The van der Waals surface area contributed by atoms with Crippen molar-refractivity contribution in [3.8, 4) is 0 Å². The van der Waals surface area contributed by atoms with Crippen LogP contribution in [0.4, 0.5) is 13.2 Å². The van der Waals surface area contributed by atoms with Crippen LogP contribution in [-0.4, -0.2) is 52.0 Å². The first-order chi connectivity index (χ1) is 13.3. The number of hydrogen-bond acceptors (Lipinski definition) is 4. The summed E-state index contributed by atoms with van der Waals surface area (Å²) in [5.74, 6) is 0.522. The van der Waals surface area contributed by atoms with Gasteiger partial charge in [-0.15, -0.1) is 24.0 Å². The van der Waals surface area contributed by atoms with Gasteiger partial charge < -0.3 is 15.4 Å². The number of alkyl halides is 3. The third kappa shape index (κ3) is 14.0. The topological polar surface area (TPSA) is 91.8 Å². The predicted molar refractivity (Wildman–Crippen MR) is 122 cm³/mol. The van der Waals surface area contributed by atoms with Crippen LogP contribution < -0.4 is 15.4 Å². The number of nitrogens with zero attached hydrogens (tertiary/aromatic N) is 1. The molecule has 0 bridgehead atoms. The lowest BCUT2D eigenvalue weighted by atomic mass is 10.1. The predicted octanol–water partition coefficient (Wildman–Crippen LogP) is 2.77. The lowest BCUT2D eigenvalue weighted by Gasteiger charge is -2.26. The number of aliphatic imine (C=N–C) groups is 1. The zero-order valence-corrected chi connectivity index (χ0v) is 20.6. The molecule has 0 aliphatic rings. The zero-order valence-electron chi connectivity index (χ0n) is 17.5. The quantitative estimate of drug-likeness (QED) is 0.230. The van der Waals surface area contributed by atoms with Gasteiger partial charge in [0.15, 0.2) is 5.96 Å². The molecule has 1 aromatic carbocycles. The highest BCUT2D eigenvalue weighted by molar-refractivity contribution is 14.0. The van der Waals surface area contributed by atoms with Gasteiger partial charge in [-0.2, -0.15) is 13.2 Å². The number of guanidine groups is 1. The lowest BCUT2D eigenvalue weighted by Crippen LogP contribution is -2.53. The van der Waals surface area contributed by atoms with E-state index < -0.39 is 28.3 Å². The smallest absolute Gasteiger partial charge is 0.367 e. The van der Waals surface area contributed by atoms with Gasteiger partial charge in [0.1, 0.15) is 6.61 Å². The fraction of sp³-hybridized carbons (Fsp3) is 0.611. The Balaban J connectivity index is 0.00000841. The molecule has 0 fully saturated rings. The first-order valence-corrected chi connectivity index (χ1v) is 10.9. The van der Waals surface area contributed by atoms with Gasteiger partial charge in [0.05, 0.1) is 19.4 Å². The molecule has 0 heterocycles. The number of nitrogens with one attached hydrogen (secondary N) is 3. The van der Waals surface area contributed by atoms with Gasteiger partial charge >= 0.3 is 6.18 Å². The monoisotopic (exact) mass is 566 g/mol. The van der Waals surface area contributed by atoms with E-state index >= 15 is 0 Å². The van der Waals surface area contributed by atoms with E-state index in [9.17, 15) is 21.6 Å². The van der Waals surface area contributed by atoms with Crippen LogP contribution in [-0.2, 0) is 27.9 Å². The maximum Gasteiger partial charge on any atom is 0.411 e. The van der Waals surface area contributed by atoms with Crippen molar-refractivity contribution in [1.29, 1.82) is 0 Å². The SMILES string of the molecule is CCNC(=NCc1ccc(COCC(F)(F)F)cc1)NCC(C)(C)NS(C)(=O)=O.I. The Morgan fingerprint density at radius 3 is 2.17 bits per heavy atom. The molecule has 1 rings (SSSR count). The van der Waals surface area contributed by atoms with Crippen LogP contribution in [0.2, 0.25) is 0 Å². The third-order valence-corrected chi connectivity index (χ3v) is 4.40. The molecule has 0 amide bonds. The van der Waals surface area contributed by atoms with Crippen molar-refractivity contribution in [2.75, 3.05) is 26.0 Å². The minimum atomic E-state index is -4.34. The molecule has 0 spiro atoms. The molecule has 0 saturated heterocycles. The Morgan fingerprint density at radius 2 is 1.67 bits per heavy atom. The number of halogens is 4. The molecule has 30 heavy (non-hydrogen) atoms. The van der Waals surface area contributed by atoms with Crippen molar-refractivity contribution in [3.63, 3.8) is 0 Å². The zero-order chi connectivity index (χ0) is 22.1. The first kappa shape index (κ1) is 28.9. The Bertz CT molecular complexity index is 770. The molecule has 3 N–H and O–H groups in total. The van der Waals surface area contributed by atoms with E-state index in [0.717, 1.165) is 11.8 Å². The minimum Gasteiger partial charge on any atom is -0.367 e. The molecule has 12 heteroatoms. The summed E-state index contributed by atoms with van der Waals surface area (Å²) in [5.41, 5.74) is 0.804. The van der Waals surface area contributed by atoms with Crippen LogP contribution in [0.5, 0.6) is 0 Å². The second-order valence-corrected chi connectivity index (χ2v) is 8.98. The largest absolute Gasteiger partial charge is 0.411 e. The molecule has 0 saturated carbocycles. The van der Waals surface area contributed by atoms with Crippen LogP contribution in [0.25, 0.3) is 0 Å². The highest BCUT2D eigenvalue weighted by Gasteiger charge is 2.27. The summed E-state index contributed by atoms with van der Waals surface area (Å²) in [6.07, 6.45) is -3.23. The van der Waals surface area contributed by atoms with Gasteiger partial charge in [-0.1, -0.05) is 24.3 Å². The molecule has 0 aliphatic carbocycles. The van der Waals surface area contributed by atoms with Gasteiger partial charge in [-0.3, -0.25) is 0 Å². The van der Waals surface area contributed by atoms with Crippen molar-refractivity contribution in [1.82, 2.24) is 15.4 Å². The molecule has 1 aromatic rings. The van der Waals surface area contributed by atoms with Crippen molar-refractivity contribution >= 4 is 40.0 Å². The standard InChI is InChI=1S/C18H29F3N4O3S.HI/c1-5-22-16(24-12-17(2,3)25-29(4,26)27)23-10-14-6-8-15(9-7-14)11-28-13-18(19,20)21;/h6-9,25H,5,10-13H2,1-4H3,(H2,22,23,24);1H. The Morgan fingerprint density at radius 1 is 1.10 bits per heavy atom. The van der Waals surface area contributed by atoms with Gasteiger partial charge in [-0.25, -0.2) is 18.1 Å². The van der Waals surface area contributed by atoms with Gasteiger partial charge in [0, 0.05) is 18.6 Å². The summed E-state index contributed by atoms with van der Waals surface area (Å²) in [6.45, 7) is 5.32. The van der Waals surface area contributed by atoms with Crippen LogP contribution in [0.1, 0.15) is 31.9 Å². The average Bonchev–Trinajstić information content (AvgIpc) is 2.55. The van der Waals surface area contributed by atoms with E-state index in [2.05, 4.69) is 25.1 Å². The fourth-order valence-corrected chi connectivity index (χ4v) is 3.46. The minimum absolute atomic E-state index is 0. The second kappa shape index (κ2) is 12.7. The lowest BCUT2D eigenvalue weighted by molar-refractivity contribution is -0.176. The van der Waals surface area contributed by atoms with Crippen molar-refractivity contribution in [2.24, 2.45) is 4.99 Å². The van der Waals surface area contributed by atoms with E-state index in [-0.39, 0.29) is 30.6 Å². The third-order valence-electron chi connectivity index (χ3n) is 3.48. The molecule has 0 aromatic heterocycles. The van der Waals surface area contributed by atoms with Crippen LogP contribution in [0.3, 0.4) is 0 Å². The van der Waals surface area contributed by atoms with Crippen molar-refractivity contribution < 1.29 is 26.3 Å². The summed E-state index contributed by atoms with van der Waals surface area (Å²) >= 11 is 0. The number of benzene rings is 1. The van der Waals surface area contributed by atoms with Gasteiger partial charge in [0.2, 0.25) is 10.0 Å². The molecule has 7 nitrogen and oxygen atoms in total. The summed E-state index contributed by atoms with van der Waals surface area (Å²) in [4.78, 5) is 4.44. The van der Waals surface area contributed by atoms with Crippen molar-refractivity contribution in [2.45, 2.75) is 45.6 Å². The van der Waals surface area contributed by atoms with Gasteiger partial charge in [-0.05, 0) is 31.9 Å². The highest BCUT2D eigenvalue weighted by Crippen LogP contribution is 2.16. The normalized spacial score (nSPS) is 13.0. The first-order valence-electron chi connectivity index (χ1n) is 9.03. The van der Waals surface area contributed by atoms with Crippen LogP contribution in [0.15, 0.2) is 29.3 Å². The molecule has 174 valence electrons. The number of sulfonamides is 1. The van der Waals surface area contributed by atoms with E-state index in [4.69, 9.17) is 0 Å². The molecule has 0 unspecified atom stereocenters. The Hall–Kier alpha value is -1.12. The van der Waals surface area contributed by atoms with E-state index in [1.807, 2.05) is 6.92 Å². The maximum absolute atomic E-state index is 12.1. The average molecular weight is 566 g/mol. The molecule has 0 radical (unpaired) electrons. The summed E-state index contributed by atoms with van der Waals surface area (Å²) in [5, 5.41) is 6.17. The Kier molecular flexibility index (Phi) is 12.2. The summed E-state index contributed by atoms with van der Waals surface area (Å²) < 4.78 is 66.3. The molecule has 0 aliphatic heterocycles. The number of ether oxygens (including phenoxy) is 1. The van der Waals surface area contributed by atoms with E-state index in [1.165, 1.54) is 0 Å². The van der Waals surface area contributed by atoms with Crippen molar-refractivity contribution in [3.05, 3.63) is 35.4 Å². The van der Waals surface area contributed by atoms with Crippen LogP contribution in [0, 0.1) is 0 Å². The second-order valence-electron chi connectivity index (χ2n) is 7.23. The van der Waals surface area contributed by atoms with Crippen LogP contribution >= 0.6 is 24.0 Å². The number of rotatable bonds is 10. The Labute approximate surface area is 193 Å². The summed E-state index contributed by atoms with van der Waals surface area (Å²) in [6, 6.07) is 6.93. The van der Waals surface area contributed by atoms with E-state index in [0.29, 0.717) is 31.2 Å². The summed E-state index contributed by atoms with van der Waals surface area (Å²) in [7, 11) is -3.34. The van der Waals surface area contributed by atoms with E-state index in [1.54, 1.807) is 38.1 Å². The molecular formula is C18H30F3IN4O3S. The molecule has 0 atom stereocenters.